The molecule has 0 saturated carbocycles. The molecule has 4 heterocycles. The predicted octanol–water partition coefficient (Wildman–Crippen LogP) is 5.76. The van der Waals surface area contributed by atoms with Gasteiger partial charge in [0.15, 0.2) is 5.75 Å². The van der Waals surface area contributed by atoms with Crippen molar-refractivity contribution < 1.29 is 19.0 Å². The fraction of sp³-hybridized carbons (Fsp3) is 0.419. The van der Waals surface area contributed by atoms with Gasteiger partial charge in [-0.2, -0.15) is 0 Å². The predicted molar refractivity (Wildman–Crippen MR) is 164 cm³/mol. The van der Waals surface area contributed by atoms with E-state index in [1.165, 1.54) is 10.9 Å². The normalized spacial score (nSPS) is 15.9. The first-order valence-corrected chi connectivity index (χ1v) is 14.8. The number of fused-ring (bicyclic) bond motifs is 1. The maximum atomic E-state index is 12.9. The van der Waals surface area contributed by atoms with Crippen LogP contribution >= 0.6 is 11.3 Å². The molecule has 10 nitrogen and oxygen atoms in total. The lowest BCUT2D eigenvalue weighted by atomic mass is 10.0. The van der Waals surface area contributed by atoms with Gasteiger partial charge in [-0.25, -0.2) is 14.8 Å². The number of nitrogens with one attached hydrogen (secondary N) is 1. The van der Waals surface area contributed by atoms with Crippen molar-refractivity contribution in [3.05, 3.63) is 68.9 Å². The average Bonchev–Trinajstić information content (AvgIpc) is 3.64. The largest absolute Gasteiger partial charge is 0.482 e. The Morgan fingerprint density at radius 2 is 2.05 bits per heavy atom. The molecule has 222 valence electrons. The number of rotatable bonds is 8. The molecule has 11 heteroatoms. The number of aryl methyl sites for hydroxylation is 1. The van der Waals surface area contributed by atoms with Crippen molar-refractivity contribution in [2.24, 2.45) is 7.05 Å². The second kappa shape index (κ2) is 12.1. The molecule has 1 aromatic carbocycles. The van der Waals surface area contributed by atoms with E-state index in [-0.39, 0.29) is 29.5 Å². The number of benzene rings is 1. The van der Waals surface area contributed by atoms with Gasteiger partial charge in [-0.3, -0.25) is 9.36 Å². The first-order valence-electron chi connectivity index (χ1n) is 14.0. The summed E-state index contributed by atoms with van der Waals surface area (Å²) < 4.78 is 18.4. The molecule has 1 aliphatic rings. The number of pyridine rings is 1. The fourth-order valence-electron chi connectivity index (χ4n) is 4.82. The Hall–Kier alpha value is -3.96. The molecule has 5 rings (SSSR count). The highest BCUT2D eigenvalue weighted by atomic mass is 32.1. The number of nitrogens with zero attached hydrogens (tertiary/aromatic N) is 4. The quantitative estimate of drug-likeness (QED) is 0.275. The van der Waals surface area contributed by atoms with Crippen molar-refractivity contribution in [2.45, 2.75) is 58.4 Å². The van der Waals surface area contributed by atoms with Crippen molar-refractivity contribution in [3.63, 3.8) is 0 Å². The molecule has 4 aromatic rings. The minimum Gasteiger partial charge on any atom is -0.482 e. The lowest BCUT2D eigenvalue weighted by molar-refractivity contribution is 0.0285. The van der Waals surface area contributed by atoms with Crippen LogP contribution in [0.2, 0.25) is 0 Å². The van der Waals surface area contributed by atoms with Gasteiger partial charge in [0, 0.05) is 38.0 Å². The summed E-state index contributed by atoms with van der Waals surface area (Å²) in [5, 5.41) is 6.34. The summed E-state index contributed by atoms with van der Waals surface area (Å²) >= 11 is 1.64. The van der Waals surface area contributed by atoms with Crippen LogP contribution in [-0.2, 0) is 23.1 Å². The number of thiophene rings is 1. The minimum atomic E-state index is -0.556. The number of hydrogen-bond acceptors (Lipinski definition) is 9. The summed E-state index contributed by atoms with van der Waals surface area (Å²) in [6.45, 7) is 9.17. The lowest BCUT2D eigenvalue weighted by Gasteiger charge is -2.25. The van der Waals surface area contributed by atoms with E-state index >= 15 is 0 Å². The van der Waals surface area contributed by atoms with Crippen LogP contribution in [0.15, 0.2) is 52.9 Å². The van der Waals surface area contributed by atoms with Crippen molar-refractivity contribution in [3.8, 4) is 16.9 Å². The van der Waals surface area contributed by atoms with Crippen molar-refractivity contribution in [1.29, 1.82) is 0 Å². The molecule has 0 aliphatic carbocycles. The highest BCUT2D eigenvalue weighted by Crippen LogP contribution is 2.34. The average molecular weight is 592 g/mol. The summed E-state index contributed by atoms with van der Waals surface area (Å²) in [5.41, 5.74) is 2.88. The Balaban J connectivity index is 1.37. The van der Waals surface area contributed by atoms with Gasteiger partial charge in [0.1, 0.15) is 29.5 Å². The molecule has 3 aromatic heterocycles. The van der Waals surface area contributed by atoms with Gasteiger partial charge in [0.05, 0.1) is 24.6 Å². The van der Waals surface area contributed by atoms with Crippen LogP contribution in [0, 0.1) is 0 Å². The Bertz CT molecular complexity index is 1640. The zero-order chi connectivity index (χ0) is 30.0. The summed E-state index contributed by atoms with van der Waals surface area (Å²) in [5.74, 6) is 0.877. The standard InChI is InChI=1S/C31H37N5O5S/c1-19(34-27-24-14-25(40-22-11-12-39-16-22)29(37)36(6)28(24)33-18-32-27)26-13-21(17-42-26)23-10-8-7-9-20(23)15-35(5)30(38)41-31(2,3)4/h7-10,13-14,17-19,22H,11-12,15-16H2,1-6H3,(H,32,33,34)/t19-,22+/m1/s1. The van der Waals surface area contributed by atoms with E-state index in [2.05, 4.69) is 39.7 Å². The van der Waals surface area contributed by atoms with E-state index in [9.17, 15) is 9.59 Å². The van der Waals surface area contributed by atoms with Crippen LogP contribution in [0.3, 0.4) is 0 Å². The van der Waals surface area contributed by atoms with Crippen LogP contribution < -0.4 is 15.6 Å². The van der Waals surface area contributed by atoms with Gasteiger partial charge in [0.2, 0.25) is 0 Å². The maximum Gasteiger partial charge on any atom is 0.410 e. The molecule has 1 aliphatic heterocycles. The number of aromatic nitrogens is 3. The first kappa shape index (κ1) is 29.5. The summed E-state index contributed by atoms with van der Waals surface area (Å²) in [7, 11) is 3.43. The monoisotopic (exact) mass is 591 g/mol. The molecular weight excluding hydrogens is 554 g/mol. The second-order valence-corrected chi connectivity index (χ2v) is 12.5. The van der Waals surface area contributed by atoms with Gasteiger partial charge in [-0.05, 0) is 55.8 Å². The fourth-order valence-corrected chi connectivity index (χ4v) is 5.74. The SMILES string of the molecule is C[C@@H](Nc1ncnc2c1cc(O[C@H]1CCOC1)c(=O)n2C)c1cc(-c2ccccc2CN(C)C(=O)OC(C)(C)C)cs1. The molecule has 0 spiro atoms. The smallest absolute Gasteiger partial charge is 0.410 e. The van der Waals surface area contributed by atoms with Crippen molar-refractivity contribution >= 4 is 34.3 Å². The van der Waals surface area contributed by atoms with Crippen LogP contribution in [0.5, 0.6) is 5.75 Å². The first-order chi connectivity index (χ1) is 20.0. The van der Waals surface area contributed by atoms with Crippen LogP contribution in [0.4, 0.5) is 10.6 Å². The molecule has 1 saturated heterocycles. The number of hydrogen-bond donors (Lipinski definition) is 1. The van der Waals surface area contributed by atoms with Crippen LogP contribution in [0.25, 0.3) is 22.2 Å². The Morgan fingerprint density at radius 3 is 2.79 bits per heavy atom. The molecule has 1 fully saturated rings. The van der Waals surface area contributed by atoms with Gasteiger partial charge in [-0.1, -0.05) is 24.3 Å². The Kier molecular flexibility index (Phi) is 8.51. The number of anilines is 1. The van der Waals surface area contributed by atoms with Gasteiger partial charge in [0.25, 0.3) is 5.56 Å². The molecule has 1 amide bonds. The van der Waals surface area contributed by atoms with Gasteiger partial charge >= 0.3 is 6.09 Å². The van der Waals surface area contributed by atoms with Crippen molar-refractivity contribution in [1.82, 2.24) is 19.4 Å². The topological polar surface area (TPSA) is 108 Å². The number of amides is 1. The summed E-state index contributed by atoms with van der Waals surface area (Å²) in [4.78, 5) is 37.1. The van der Waals surface area contributed by atoms with Crippen molar-refractivity contribution in [2.75, 3.05) is 25.6 Å². The van der Waals surface area contributed by atoms with Crippen LogP contribution in [-0.4, -0.2) is 57.5 Å². The van der Waals surface area contributed by atoms with E-state index in [0.717, 1.165) is 28.0 Å². The number of ether oxygens (including phenoxy) is 3. The van der Waals surface area contributed by atoms with E-state index in [0.29, 0.717) is 36.6 Å². The van der Waals surface area contributed by atoms with E-state index in [4.69, 9.17) is 14.2 Å². The maximum absolute atomic E-state index is 12.9. The summed E-state index contributed by atoms with van der Waals surface area (Å²) in [6.07, 6.45) is 1.70. The third kappa shape index (κ3) is 6.57. The minimum absolute atomic E-state index is 0.0803. The third-order valence-electron chi connectivity index (χ3n) is 6.99. The molecule has 2 atom stereocenters. The van der Waals surface area contributed by atoms with E-state index < -0.39 is 5.60 Å². The Morgan fingerprint density at radius 1 is 1.26 bits per heavy atom. The van der Waals surface area contributed by atoms with E-state index in [1.807, 2.05) is 39.0 Å². The van der Waals surface area contributed by atoms with E-state index in [1.54, 1.807) is 36.4 Å². The number of carbonyl (C=O) groups is 1. The molecule has 0 radical (unpaired) electrons. The zero-order valence-corrected chi connectivity index (χ0v) is 25.7. The molecular formula is C31H37N5O5S. The number of carbonyl (C=O) groups excluding carboxylic acids is 1. The van der Waals surface area contributed by atoms with Crippen LogP contribution in [0.1, 0.15) is 50.6 Å². The molecule has 1 N–H and O–H groups in total. The third-order valence-corrected chi connectivity index (χ3v) is 8.11. The highest BCUT2D eigenvalue weighted by molar-refractivity contribution is 7.10. The molecule has 0 unspecified atom stereocenters. The lowest BCUT2D eigenvalue weighted by Crippen LogP contribution is -2.33. The molecule has 0 bridgehead atoms. The van der Waals surface area contributed by atoms with Gasteiger partial charge in [-0.15, -0.1) is 11.3 Å². The Labute approximate surface area is 249 Å². The highest BCUT2D eigenvalue weighted by Gasteiger charge is 2.23. The summed E-state index contributed by atoms with van der Waals surface area (Å²) in [6, 6.07) is 11.9. The second-order valence-electron chi connectivity index (χ2n) is 11.5. The molecule has 42 heavy (non-hydrogen) atoms. The van der Waals surface area contributed by atoms with Gasteiger partial charge < -0.3 is 24.4 Å². The zero-order valence-electron chi connectivity index (χ0n) is 24.8.